The van der Waals surface area contributed by atoms with Crippen molar-refractivity contribution in [1.82, 2.24) is 4.90 Å². The number of amides is 2. The number of hydrogen-bond donors (Lipinski definition) is 1. The molecule has 92 valence electrons. The van der Waals surface area contributed by atoms with E-state index in [-0.39, 0.29) is 17.7 Å². The second-order valence-corrected chi connectivity index (χ2v) is 4.92. The molecule has 0 aromatic carbocycles. The fraction of sp³-hybridized carbons (Fsp3) is 0.455. The number of furan rings is 1. The highest BCUT2D eigenvalue weighted by Gasteiger charge is 2.28. The Kier molecular flexibility index (Phi) is 3.51. The number of halogens is 1. The van der Waals surface area contributed by atoms with Crippen LogP contribution < -0.4 is 5.73 Å². The highest BCUT2D eigenvalue weighted by molar-refractivity contribution is 9.10. The highest BCUT2D eigenvalue weighted by atomic mass is 79.9. The Morgan fingerprint density at radius 1 is 1.41 bits per heavy atom. The van der Waals surface area contributed by atoms with Gasteiger partial charge in [-0.25, -0.2) is 0 Å². The zero-order valence-corrected chi connectivity index (χ0v) is 10.8. The summed E-state index contributed by atoms with van der Waals surface area (Å²) in [5, 5.41) is 0. The lowest BCUT2D eigenvalue weighted by molar-refractivity contribution is -0.123. The Bertz CT molecular complexity index is 436. The summed E-state index contributed by atoms with van der Waals surface area (Å²) in [5.41, 5.74) is 5.24. The van der Waals surface area contributed by atoms with Crippen LogP contribution in [0.3, 0.4) is 0 Å². The van der Waals surface area contributed by atoms with Gasteiger partial charge in [0.2, 0.25) is 11.7 Å². The van der Waals surface area contributed by atoms with Gasteiger partial charge in [0, 0.05) is 19.0 Å². The van der Waals surface area contributed by atoms with E-state index in [1.807, 2.05) is 0 Å². The Labute approximate surface area is 107 Å². The number of nitrogens with two attached hydrogens (primary N) is 1. The second kappa shape index (κ2) is 4.91. The maximum absolute atomic E-state index is 12.0. The van der Waals surface area contributed by atoms with Crippen LogP contribution in [0.15, 0.2) is 21.2 Å². The van der Waals surface area contributed by atoms with Gasteiger partial charge in [0.05, 0.1) is 10.7 Å². The molecule has 1 aromatic rings. The first-order valence-electron chi connectivity index (χ1n) is 5.41. The molecule has 1 fully saturated rings. The molecule has 2 amide bonds. The molecule has 6 heteroatoms. The number of likely N-dealkylation sites (tertiary alicyclic amines) is 1. The maximum Gasteiger partial charge on any atom is 0.290 e. The number of carbonyl (C=O) groups excluding carboxylic acids is 2. The minimum absolute atomic E-state index is 0.112. The van der Waals surface area contributed by atoms with Gasteiger partial charge in [0.1, 0.15) is 0 Å². The summed E-state index contributed by atoms with van der Waals surface area (Å²) in [6.45, 7) is 1.08. The van der Waals surface area contributed by atoms with Crippen LogP contribution in [0.2, 0.25) is 0 Å². The van der Waals surface area contributed by atoms with Crippen molar-refractivity contribution in [2.45, 2.75) is 12.8 Å². The van der Waals surface area contributed by atoms with E-state index in [1.165, 1.54) is 6.26 Å². The van der Waals surface area contributed by atoms with Crippen LogP contribution in [0.5, 0.6) is 0 Å². The van der Waals surface area contributed by atoms with E-state index in [9.17, 15) is 9.59 Å². The molecule has 2 N–H and O–H groups in total. The van der Waals surface area contributed by atoms with E-state index in [4.69, 9.17) is 10.2 Å². The average Bonchev–Trinajstić information content (AvgIpc) is 2.74. The Morgan fingerprint density at radius 3 is 2.53 bits per heavy atom. The van der Waals surface area contributed by atoms with Crippen molar-refractivity contribution in [3.8, 4) is 0 Å². The third-order valence-electron chi connectivity index (χ3n) is 3.00. The zero-order valence-electron chi connectivity index (χ0n) is 9.19. The fourth-order valence-electron chi connectivity index (χ4n) is 1.96. The first-order valence-corrected chi connectivity index (χ1v) is 6.20. The highest BCUT2D eigenvalue weighted by Crippen LogP contribution is 2.23. The third-order valence-corrected chi connectivity index (χ3v) is 3.62. The smallest absolute Gasteiger partial charge is 0.290 e. The average molecular weight is 301 g/mol. The molecule has 2 heterocycles. The van der Waals surface area contributed by atoms with Gasteiger partial charge in [0.15, 0.2) is 0 Å². The summed E-state index contributed by atoms with van der Waals surface area (Å²) >= 11 is 3.25. The lowest BCUT2D eigenvalue weighted by Gasteiger charge is -2.29. The third kappa shape index (κ3) is 2.52. The van der Waals surface area contributed by atoms with Crippen LogP contribution in [-0.2, 0) is 4.79 Å². The molecule has 2 rings (SSSR count). The van der Waals surface area contributed by atoms with Gasteiger partial charge in [-0.05, 0) is 34.8 Å². The topological polar surface area (TPSA) is 76.5 Å². The normalized spacial score (nSPS) is 17.1. The van der Waals surface area contributed by atoms with Gasteiger partial charge in [0.25, 0.3) is 5.91 Å². The monoisotopic (exact) mass is 300 g/mol. The number of piperidine rings is 1. The van der Waals surface area contributed by atoms with Crippen LogP contribution in [-0.4, -0.2) is 29.8 Å². The van der Waals surface area contributed by atoms with E-state index in [1.54, 1.807) is 11.0 Å². The van der Waals surface area contributed by atoms with Crippen LogP contribution in [0.4, 0.5) is 0 Å². The van der Waals surface area contributed by atoms with Gasteiger partial charge >= 0.3 is 0 Å². The van der Waals surface area contributed by atoms with Crippen molar-refractivity contribution in [3.63, 3.8) is 0 Å². The van der Waals surface area contributed by atoms with Crippen molar-refractivity contribution >= 4 is 27.7 Å². The molecule has 0 unspecified atom stereocenters. The van der Waals surface area contributed by atoms with E-state index >= 15 is 0 Å². The van der Waals surface area contributed by atoms with Gasteiger partial charge in [-0.2, -0.15) is 0 Å². The van der Waals surface area contributed by atoms with Crippen molar-refractivity contribution in [2.24, 2.45) is 11.7 Å². The molecule has 0 atom stereocenters. The minimum Gasteiger partial charge on any atom is -0.458 e. The molecule has 0 aliphatic carbocycles. The Morgan fingerprint density at radius 2 is 2.06 bits per heavy atom. The number of nitrogens with zero attached hydrogens (tertiary/aromatic N) is 1. The molecule has 0 radical (unpaired) electrons. The Hall–Kier alpha value is -1.30. The number of hydrogen-bond acceptors (Lipinski definition) is 3. The minimum atomic E-state index is -0.281. The van der Waals surface area contributed by atoms with Gasteiger partial charge in [-0.15, -0.1) is 0 Å². The molecule has 0 bridgehead atoms. The molecule has 17 heavy (non-hydrogen) atoms. The summed E-state index contributed by atoms with van der Waals surface area (Å²) in [6.07, 6.45) is 2.71. The molecule has 1 aliphatic rings. The SMILES string of the molecule is NC(=O)C1CCN(C(=O)c2occc2Br)CC1. The summed E-state index contributed by atoms with van der Waals surface area (Å²) < 4.78 is 5.78. The van der Waals surface area contributed by atoms with E-state index < -0.39 is 0 Å². The van der Waals surface area contributed by atoms with Crippen molar-refractivity contribution in [2.75, 3.05) is 13.1 Å². The summed E-state index contributed by atoms with van der Waals surface area (Å²) in [6, 6.07) is 1.68. The second-order valence-electron chi connectivity index (χ2n) is 4.07. The van der Waals surface area contributed by atoms with Crippen LogP contribution in [0.1, 0.15) is 23.4 Å². The zero-order chi connectivity index (χ0) is 12.4. The van der Waals surface area contributed by atoms with Crippen molar-refractivity contribution in [3.05, 3.63) is 22.6 Å². The molecule has 0 spiro atoms. The van der Waals surface area contributed by atoms with Crippen molar-refractivity contribution in [1.29, 1.82) is 0 Å². The summed E-state index contributed by atoms with van der Waals surface area (Å²) in [4.78, 5) is 24.7. The predicted molar refractivity (Wildman–Crippen MR) is 64.2 cm³/mol. The molecule has 0 saturated carbocycles. The van der Waals surface area contributed by atoms with Crippen LogP contribution >= 0.6 is 15.9 Å². The van der Waals surface area contributed by atoms with Crippen LogP contribution in [0, 0.1) is 5.92 Å². The van der Waals surface area contributed by atoms with Gasteiger partial charge in [-0.3, -0.25) is 9.59 Å². The quantitative estimate of drug-likeness (QED) is 0.896. The number of rotatable bonds is 2. The van der Waals surface area contributed by atoms with E-state index in [0.29, 0.717) is 36.2 Å². The van der Waals surface area contributed by atoms with E-state index in [0.717, 1.165) is 0 Å². The number of primary amides is 1. The lowest BCUT2D eigenvalue weighted by Crippen LogP contribution is -2.41. The predicted octanol–water partition coefficient (Wildman–Crippen LogP) is 1.38. The first-order chi connectivity index (χ1) is 8.09. The molecule has 1 aliphatic heterocycles. The molecular weight excluding hydrogens is 288 g/mol. The standard InChI is InChI=1S/C11H13BrN2O3/c12-8-3-6-17-9(8)11(16)14-4-1-7(2-5-14)10(13)15/h3,6-7H,1-2,4-5H2,(H2,13,15). The Balaban J connectivity index is 2.00. The molecule has 5 nitrogen and oxygen atoms in total. The number of carbonyl (C=O) groups is 2. The van der Waals surface area contributed by atoms with Gasteiger partial charge in [-0.1, -0.05) is 0 Å². The molecule has 1 aromatic heterocycles. The van der Waals surface area contributed by atoms with E-state index in [2.05, 4.69) is 15.9 Å². The lowest BCUT2D eigenvalue weighted by atomic mass is 9.96. The summed E-state index contributed by atoms with van der Waals surface area (Å²) in [7, 11) is 0. The van der Waals surface area contributed by atoms with Gasteiger partial charge < -0.3 is 15.1 Å². The van der Waals surface area contributed by atoms with Crippen molar-refractivity contribution < 1.29 is 14.0 Å². The fourth-order valence-corrected chi connectivity index (χ4v) is 2.33. The van der Waals surface area contributed by atoms with Crippen LogP contribution in [0.25, 0.3) is 0 Å². The largest absolute Gasteiger partial charge is 0.458 e. The molecule has 1 saturated heterocycles. The maximum atomic E-state index is 12.0. The summed E-state index contributed by atoms with van der Waals surface area (Å²) in [5.74, 6) is -0.234. The first kappa shape index (κ1) is 12.2. The molecular formula is C11H13BrN2O3.